The van der Waals surface area contributed by atoms with Crippen LogP contribution in [0.25, 0.3) is 0 Å². The maximum atomic E-state index is 5.47. The monoisotopic (exact) mass is 143 g/mol. The first kappa shape index (κ1) is 8.02. The van der Waals surface area contributed by atoms with Gasteiger partial charge in [-0.3, -0.25) is 4.84 Å². The molecule has 1 aliphatic rings. The molecule has 0 N–H and O–H groups in total. The van der Waals surface area contributed by atoms with Gasteiger partial charge in [-0.25, -0.2) is 0 Å². The number of rotatable bonds is 1. The summed E-state index contributed by atoms with van der Waals surface area (Å²) < 4.78 is 0. The number of hydrogen-bond acceptors (Lipinski definition) is 2. The largest absolute Gasteiger partial charge is 0.298 e. The topological polar surface area (TPSA) is 12.5 Å². The second kappa shape index (κ2) is 2.89. The SMILES string of the molecule is CC1CON(C(C)C)C1C. The van der Waals surface area contributed by atoms with Crippen LogP contribution >= 0.6 is 0 Å². The molecule has 2 heteroatoms. The first-order valence-electron chi connectivity index (χ1n) is 4.04. The zero-order valence-corrected chi connectivity index (χ0v) is 7.29. The van der Waals surface area contributed by atoms with Crippen molar-refractivity contribution in [2.24, 2.45) is 5.92 Å². The van der Waals surface area contributed by atoms with E-state index in [9.17, 15) is 0 Å². The van der Waals surface area contributed by atoms with Crippen molar-refractivity contribution in [1.82, 2.24) is 5.06 Å². The Morgan fingerprint density at radius 2 is 2.00 bits per heavy atom. The molecule has 0 aromatic carbocycles. The molecular formula is C8H17NO. The van der Waals surface area contributed by atoms with Crippen molar-refractivity contribution < 1.29 is 4.84 Å². The molecule has 0 amide bonds. The molecule has 1 fully saturated rings. The minimum Gasteiger partial charge on any atom is -0.298 e. The summed E-state index contributed by atoms with van der Waals surface area (Å²) in [6.07, 6.45) is 0. The van der Waals surface area contributed by atoms with Crippen molar-refractivity contribution in [3.8, 4) is 0 Å². The summed E-state index contributed by atoms with van der Waals surface area (Å²) in [6.45, 7) is 9.66. The van der Waals surface area contributed by atoms with Gasteiger partial charge in [0.2, 0.25) is 0 Å². The van der Waals surface area contributed by atoms with Gasteiger partial charge in [0, 0.05) is 12.1 Å². The van der Waals surface area contributed by atoms with Crippen molar-refractivity contribution in [2.75, 3.05) is 6.61 Å². The van der Waals surface area contributed by atoms with Crippen LogP contribution in [0.3, 0.4) is 0 Å². The van der Waals surface area contributed by atoms with E-state index in [2.05, 4.69) is 32.8 Å². The Labute approximate surface area is 63.1 Å². The Balaban J connectivity index is 2.49. The van der Waals surface area contributed by atoms with Gasteiger partial charge >= 0.3 is 0 Å². The highest BCUT2D eigenvalue weighted by atomic mass is 16.7. The van der Waals surface area contributed by atoms with Crippen molar-refractivity contribution in [2.45, 2.75) is 39.8 Å². The van der Waals surface area contributed by atoms with Gasteiger partial charge in [0.25, 0.3) is 0 Å². The van der Waals surface area contributed by atoms with Gasteiger partial charge in [0.15, 0.2) is 0 Å². The fraction of sp³-hybridized carbons (Fsp3) is 1.00. The van der Waals surface area contributed by atoms with Gasteiger partial charge in [-0.15, -0.1) is 0 Å². The van der Waals surface area contributed by atoms with Crippen molar-refractivity contribution in [3.05, 3.63) is 0 Å². The molecule has 1 saturated heterocycles. The second-order valence-corrected chi connectivity index (χ2v) is 3.47. The van der Waals surface area contributed by atoms with Gasteiger partial charge in [-0.05, 0) is 26.7 Å². The Kier molecular flexibility index (Phi) is 2.32. The summed E-state index contributed by atoms with van der Waals surface area (Å²) in [5.74, 6) is 0.683. The third kappa shape index (κ3) is 1.32. The van der Waals surface area contributed by atoms with Crippen LogP contribution in [-0.2, 0) is 4.84 Å². The molecule has 0 spiro atoms. The first-order valence-corrected chi connectivity index (χ1v) is 4.04. The summed E-state index contributed by atoms with van der Waals surface area (Å²) in [4.78, 5) is 5.47. The van der Waals surface area contributed by atoms with Crippen molar-refractivity contribution in [1.29, 1.82) is 0 Å². The van der Waals surface area contributed by atoms with Crippen LogP contribution in [0.2, 0.25) is 0 Å². The maximum absolute atomic E-state index is 5.47. The molecule has 10 heavy (non-hydrogen) atoms. The average molecular weight is 143 g/mol. The highest BCUT2D eigenvalue weighted by Gasteiger charge is 2.30. The molecule has 0 radical (unpaired) electrons. The van der Waals surface area contributed by atoms with Crippen LogP contribution in [0.1, 0.15) is 27.7 Å². The number of hydrogen-bond donors (Lipinski definition) is 0. The van der Waals surface area contributed by atoms with Crippen LogP contribution in [-0.4, -0.2) is 23.8 Å². The van der Waals surface area contributed by atoms with Gasteiger partial charge in [0.05, 0.1) is 6.61 Å². The average Bonchev–Trinajstić information content (AvgIpc) is 2.14. The van der Waals surface area contributed by atoms with E-state index in [1.165, 1.54) is 0 Å². The van der Waals surface area contributed by atoms with Gasteiger partial charge < -0.3 is 0 Å². The molecule has 2 nitrogen and oxygen atoms in total. The predicted molar refractivity (Wildman–Crippen MR) is 41.6 cm³/mol. The molecule has 1 rings (SSSR count). The Morgan fingerprint density at radius 3 is 2.20 bits per heavy atom. The quantitative estimate of drug-likeness (QED) is 0.553. The van der Waals surface area contributed by atoms with Gasteiger partial charge in [-0.2, -0.15) is 5.06 Å². The zero-order chi connectivity index (χ0) is 7.72. The summed E-state index contributed by atoms with van der Waals surface area (Å²) in [6, 6.07) is 1.10. The van der Waals surface area contributed by atoms with E-state index in [1.54, 1.807) is 0 Å². The third-order valence-corrected chi connectivity index (χ3v) is 2.22. The summed E-state index contributed by atoms with van der Waals surface area (Å²) in [5.41, 5.74) is 0. The third-order valence-electron chi connectivity index (χ3n) is 2.22. The first-order chi connectivity index (χ1) is 4.63. The molecule has 60 valence electrons. The van der Waals surface area contributed by atoms with Crippen molar-refractivity contribution in [3.63, 3.8) is 0 Å². The van der Waals surface area contributed by atoms with Crippen LogP contribution in [0.4, 0.5) is 0 Å². The van der Waals surface area contributed by atoms with E-state index >= 15 is 0 Å². The lowest BCUT2D eigenvalue weighted by atomic mass is 10.1. The summed E-state index contributed by atoms with van der Waals surface area (Å²) in [5, 5.41) is 2.09. The molecule has 2 atom stereocenters. The zero-order valence-electron chi connectivity index (χ0n) is 7.29. The van der Waals surface area contributed by atoms with Crippen LogP contribution in [0.5, 0.6) is 0 Å². The molecule has 2 unspecified atom stereocenters. The van der Waals surface area contributed by atoms with E-state index < -0.39 is 0 Å². The molecule has 0 bridgehead atoms. The van der Waals surface area contributed by atoms with E-state index in [-0.39, 0.29) is 0 Å². The molecular weight excluding hydrogens is 126 g/mol. The predicted octanol–water partition coefficient (Wildman–Crippen LogP) is 1.67. The molecule has 1 aliphatic heterocycles. The van der Waals surface area contributed by atoms with Crippen molar-refractivity contribution >= 4 is 0 Å². The standard InChI is InChI=1S/C8H17NO/c1-6(2)9-8(4)7(3)5-10-9/h6-8H,5H2,1-4H3. The van der Waals surface area contributed by atoms with Crippen LogP contribution < -0.4 is 0 Å². The Hall–Kier alpha value is -0.0800. The lowest BCUT2D eigenvalue weighted by Gasteiger charge is -2.24. The Bertz CT molecular complexity index is 114. The van der Waals surface area contributed by atoms with Gasteiger partial charge in [0.1, 0.15) is 0 Å². The smallest absolute Gasteiger partial charge is 0.0726 e. The fourth-order valence-corrected chi connectivity index (χ4v) is 1.33. The number of nitrogens with zero attached hydrogens (tertiary/aromatic N) is 1. The van der Waals surface area contributed by atoms with E-state index in [0.29, 0.717) is 18.0 Å². The summed E-state index contributed by atoms with van der Waals surface area (Å²) in [7, 11) is 0. The normalized spacial score (nSPS) is 35.7. The van der Waals surface area contributed by atoms with E-state index in [4.69, 9.17) is 4.84 Å². The molecule has 0 saturated carbocycles. The minimum absolute atomic E-state index is 0.514. The van der Waals surface area contributed by atoms with E-state index in [0.717, 1.165) is 6.61 Å². The highest BCUT2D eigenvalue weighted by molar-refractivity contribution is 4.74. The fourth-order valence-electron chi connectivity index (χ4n) is 1.33. The van der Waals surface area contributed by atoms with Gasteiger partial charge in [-0.1, -0.05) is 6.92 Å². The maximum Gasteiger partial charge on any atom is 0.0726 e. The minimum atomic E-state index is 0.514. The van der Waals surface area contributed by atoms with Crippen LogP contribution in [0.15, 0.2) is 0 Å². The lowest BCUT2D eigenvalue weighted by Crippen LogP contribution is -2.34. The highest BCUT2D eigenvalue weighted by Crippen LogP contribution is 2.21. The van der Waals surface area contributed by atoms with Crippen LogP contribution in [0, 0.1) is 5.92 Å². The molecule has 0 aliphatic carbocycles. The number of hydroxylamine groups is 2. The van der Waals surface area contributed by atoms with E-state index in [1.807, 2.05) is 0 Å². The molecule has 1 heterocycles. The molecule has 0 aromatic heterocycles. The Morgan fingerprint density at radius 1 is 1.40 bits per heavy atom. The molecule has 0 aromatic rings. The second-order valence-electron chi connectivity index (χ2n) is 3.47. The lowest BCUT2D eigenvalue weighted by molar-refractivity contribution is -0.150. The summed E-state index contributed by atoms with van der Waals surface area (Å²) >= 11 is 0.